The summed E-state index contributed by atoms with van der Waals surface area (Å²) in [6.45, 7) is 34.9. The van der Waals surface area contributed by atoms with E-state index in [1.54, 1.807) is 11.5 Å². The molecule has 0 bridgehead atoms. The molecule has 1 fully saturated rings. The minimum Gasteiger partial charge on any atom is -0.414 e. The van der Waals surface area contributed by atoms with Crippen LogP contribution in [0, 0.1) is 0 Å². The molecule has 0 saturated carbocycles. The number of imidazole rings is 1. The zero-order chi connectivity index (χ0) is 32.5. The summed E-state index contributed by atoms with van der Waals surface area (Å²) in [6.07, 6.45) is -0.543. The predicted molar refractivity (Wildman–Crippen MR) is 179 cm³/mol. The fraction of sp³-hybridized carbons (Fsp3) is 0.828. The molecule has 2 aromatic rings. The summed E-state index contributed by atoms with van der Waals surface area (Å²) in [5.74, 6) is 0.394. The first kappa shape index (κ1) is 35.1. The summed E-state index contributed by atoms with van der Waals surface area (Å²) in [5, 5.41) is 12.2. The standard InChI is InChI=1S/C29H57N5O5Si3/c1-26(2,3)40(11,12)33-25-31-22-20(23(35)32-25)30-18-34(22)24-29(10,36)21(39-42(15,16)28(7,8)9)19(38-24)17-37-41(13,14)27(4,5)6/h18-19,21,24,36H,17H2,1-16H3,(H2,31,32,33,35)/t19-,21-,24-,29-/m1/s1. The molecule has 1 aliphatic heterocycles. The van der Waals surface area contributed by atoms with E-state index in [1.165, 1.54) is 6.33 Å². The van der Waals surface area contributed by atoms with Gasteiger partial charge in [0.15, 0.2) is 48.2 Å². The maximum absolute atomic E-state index is 13.1. The lowest BCUT2D eigenvalue weighted by Gasteiger charge is -2.43. The molecule has 0 aromatic carbocycles. The maximum Gasteiger partial charge on any atom is 0.280 e. The van der Waals surface area contributed by atoms with Crippen LogP contribution in [0.3, 0.4) is 0 Å². The smallest absolute Gasteiger partial charge is 0.280 e. The number of ether oxygens (including phenoxy) is 1. The highest BCUT2D eigenvalue weighted by atomic mass is 28.4. The van der Waals surface area contributed by atoms with Crippen molar-refractivity contribution in [3.63, 3.8) is 0 Å². The summed E-state index contributed by atoms with van der Waals surface area (Å²) < 4.78 is 21.8. The Labute approximate surface area is 255 Å². The van der Waals surface area contributed by atoms with Crippen molar-refractivity contribution in [1.29, 1.82) is 0 Å². The lowest BCUT2D eigenvalue weighted by molar-refractivity contribution is -0.0932. The molecular weight excluding hydrogens is 583 g/mol. The number of rotatable bonds is 8. The molecule has 0 aliphatic carbocycles. The monoisotopic (exact) mass is 639 g/mol. The van der Waals surface area contributed by atoms with Crippen molar-refractivity contribution in [3.05, 3.63) is 16.7 Å². The Morgan fingerprint density at radius 1 is 1.00 bits per heavy atom. The molecule has 2 aromatic heterocycles. The minimum absolute atomic E-state index is 0.0162. The van der Waals surface area contributed by atoms with Gasteiger partial charge in [-0.3, -0.25) is 14.3 Å². The van der Waals surface area contributed by atoms with Gasteiger partial charge in [0.2, 0.25) is 0 Å². The topological polar surface area (TPSA) is 124 Å². The van der Waals surface area contributed by atoms with Gasteiger partial charge in [-0.2, -0.15) is 4.98 Å². The third-order valence-corrected chi connectivity index (χ3v) is 23.9. The summed E-state index contributed by atoms with van der Waals surface area (Å²) in [6, 6.07) is 0. The van der Waals surface area contributed by atoms with Gasteiger partial charge in [0.05, 0.1) is 12.9 Å². The van der Waals surface area contributed by atoms with E-state index < -0.39 is 48.9 Å². The lowest BCUT2D eigenvalue weighted by Crippen LogP contribution is -2.55. The Hall–Kier alpha value is -1.36. The van der Waals surface area contributed by atoms with Crippen molar-refractivity contribution in [2.45, 2.75) is 148 Å². The van der Waals surface area contributed by atoms with E-state index in [9.17, 15) is 9.90 Å². The van der Waals surface area contributed by atoms with Crippen LogP contribution in [0.5, 0.6) is 0 Å². The van der Waals surface area contributed by atoms with E-state index in [0.717, 1.165) is 0 Å². The van der Waals surface area contributed by atoms with Gasteiger partial charge in [0.1, 0.15) is 17.8 Å². The van der Waals surface area contributed by atoms with Crippen LogP contribution >= 0.6 is 0 Å². The molecule has 1 aliphatic rings. The number of nitrogens with zero attached hydrogens (tertiary/aromatic N) is 3. The molecule has 1 saturated heterocycles. The highest BCUT2D eigenvalue weighted by molar-refractivity contribution is 6.82. The van der Waals surface area contributed by atoms with Crippen LogP contribution in [0.25, 0.3) is 11.2 Å². The van der Waals surface area contributed by atoms with Crippen molar-refractivity contribution >= 4 is 42.0 Å². The van der Waals surface area contributed by atoms with Crippen molar-refractivity contribution < 1.29 is 18.7 Å². The van der Waals surface area contributed by atoms with E-state index in [0.29, 0.717) is 18.2 Å². The summed E-state index contributed by atoms with van der Waals surface area (Å²) in [7, 11) is -6.49. The van der Waals surface area contributed by atoms with Gasteiger partial charge in [-0.1, -0.05) is 75.4 Å². The second-order valence-electron chi connectivity index (χ2n) is 16.9. The maximum atomic E-state index is 13.1. The van der Waals surface area contributed by atoms with Gasteiger partial charge in [0, 0.05) is 0 Å². The highest BCUT2D eigenvalue weighted by Gasteiger charge is 2.58. The lowest BCUT2D eigenvalue weighted by atomic mass is 9.96. The number of H-pyrrole nitrogens is 1. The molecular formula is C29H57N5O5Si3. The van der Waals surface area contributed by atoms with Crippen molar-refractivity contribution in [2.24, 2.45) is 0 Å². The Morgan fingerprint density at radius 2 is 1.55 bits per heavy atom. The highest BCUT2D eigenvalue weighted by Crippen LogP contribution is 2.47. The van der Waals surface area contributed by atoms with Crippen LogP contribution < -0.4 is 10.5 Å². The van der Waals surface area contributed by atoms with Gasteiger partial charge in [-0.25, -0.2) is 4.98 Å². The van der Waals surface area contributed by atoms with E-state index >= 15 is 0 Å². The third kappa shape index (κ3) is 6.66. The second kappa shape index (κ2) is 10.9. The fourth-order valence-corrected chi connectivity index (χ4v) is 7.68. The number of anilines is 1. The quantitative estimate of drug-likeness (QED) is 0.276. The van der Waals surface area contributed by atoms with Gasteiger partial charge >= 0.3 is 0 Å². The van der Waals surface area contributed by atoms with Crippen molar-refractivity contribution in [2.75, 3.05) is 11.6 Å². The van der Waals surface area contributed by atoms with Crippen LogP contribution in [-0.2, 0) is 13.6 Å². The van der Waals surface area contributed by atoms with E-state index in [1.807, 2.05) is 0 Å². The predicted octanol–water partition coefficient (Wildman–Crippen LogP) is 6.60. The molecule has 13 heteroatoms. The Bertz CT molecular complexity index is 1330. The van der Waals surface area contributed by atoms with Gasteiger partial charge in [-0.15, -0.1) is 0 Å². The Balaban J connectivity index is 2.09. The van der Waals surface area contributed by atoms with Crippen LogP contribution in [0.2, 0.25) is 54.4 Å². The van der Waals surface area contributed by atoms with Crippen molar-refractivity contribution in [1.82, 2.24) is 19.5 Å². The van der Waals surface area contributed by atoms with Crippen molar-refractivity contribution in [3.8, 4) is 0 Å². The van der Waals surface area contributed by atoms with Crippen LogP contribution in [0.4, 0.5) is 5.95 Å². The number of hydrogen-bond acceptors (Lipinski definition) is 8. The molecule has 4 atom stereocenters. The van der Waals surface area contributed by atoms with E-state index in [4.69, 9.17) is 18.6 Å². The van der Waals surface area contributed by atoms with Crippen LogP contribution in [0.1, 0.15) is 75.5 Å². The first-order valence-corrected chi connectivity index (χ1v) is 23.9. The molecule has 3 heterocycles. The number of aromatic nitrogens is 4. The fourth-order valence-electron chi connectivity index (χ4n) is 4.20. The van der Waals surface area contributed by atoms with Gasteiger partial charge in [0.25, 0.3) is 5.56 Å². The number of fused-ring (bicyclic) bond motifs is 1. The average Bonchev–Trinajstić information content (AvgIpc) is 3.28. The Morgan fingerprint density at radius 3 is 2.05 bits per heavy atom. The van der Waals surface area contributed by atoms with Crippen LogP contribution in [-0.4, -0.2) is 73.9 Å². The molecule has 0 radical (unpaired) electrons. The molecule has 240 valence electrons. The molecule has 0 unspecified atom stereocenters. The number of hydrogen-bond donors (Lipinski definition) is 3. The number of aliphatic hydroxyl groups is 1. The molecule has 3 rings (SSSR count). The average molecular weight is 640 g/mol. The van der Waals surface area contributed by atoms with E-state index in [2.05, 4.69) is 117 Å². The first-order chi connectivity index (χ1) is 18.6. The number of nitrogens with one attached hydrogen (secondary N) is 2. The zero-order valence-corrected chi connectivity index (χ0v) is 31.9. The molecule has 10 nitrogen and oxygen atoms in total. The first-order valence-electron chi connectivity index (χ1n) is 15.1. The van der Waals surface area contributed by atoms with Gasteiger partial charge in [-0.05, 0) is 48.2 Å². The zero-order valence-electron chi connectivity index (χ0n) is 28.9. The minimum atomic E-state index is -2.33. The summed E-state index contributed by atoms with van der Waals surface area (Å²) in [5.41, 5.74) is -1.26. The van der Waals surface area contributed by atoms with E-state index in [-0.39, 0.29) is 26.2 Å². The third-order valence-electron chi connectivity index (χ3n) is 10.4. The Kier molecular flexibility index (Phi) is 9.13. The number of aromatic amines is 1. The normalized spacial score (nSPS) is 24.9. The molecule has 3 N–H and O–H groups in total. The molecule has 42 heavy (non-hydrogen) atoms. The summed E-state index contributed by atoms with van der Waals surface area (Å²) >= 11 is 0. The van der Waals surface area contributed by atoms with Gasteiger partial charge < -0.3 is 23.7 Å². The molecule has 0 spiro atoms. The largest absolute Gasteiger partial charge is 0.414 e. The summed E-state index contributed by atoms with van der Waals surface area (Å²) in [4.78, 5) is 28.7. The molecule has 0 amide bonds. The van der Waals surface area contributed by atoms with Crippen LogP contribution in [0.15, 0.2) is 11.1 Å². The SMILES string of the molecule is CC(C)(C)[Si](C)(C)Nc1nc2c(ncn2[C@@H]2O[C@H](CO[Si](C)(C)C(C)(C)C)[C@@H](O[Si](C)(C)C(C)(C)C)[C@@]2(C)O)c(=O)[nH]1. The second-order valence-corrected chi connectivity index (χ2v) is 31.4.